The smallest absolute Gasteiger partial charge is 0.0499 e. The lowest BCUT2D eigenvalue weighted by atomic mass is 9.90. The Morgan fingerprint density at radius 3 is 2.44 bits per heavy atom. The van der Waals surface area contributed by atoms with Gasteiger partial charge in [0.15, 0.2) is 0 Å². The van der Waals surface area contributed by atoms with E-state index in [4.69, 9.17) is 9.47 Å². The highest BCUT2D eigenvalue weighted by Crippen LogP contribution is 2.23. The van der Waals surface area contributed by atoms with Crippen molar-refractivity contribution >= 4 is 0 Å². The van der Waals surface area contributed by atoms with E-state index in [1.165, 1.54) is 5.57 Å². The van der Waals surface area contributed by atoms with Crippen LogP contribution in [-0.4, -0.2) is 27.4 Å². The monoisotopic (exact) mass is 226 g/mol. The number of allylic oxidation sites excluding steroid dienone is 1. The Balaban J connectivity index is 4.34. The van der Waals surface area contributed by atoms with E-state index in [-0.39, 0.29) is 0 Å². The van der Waals surface area contributed by atoms with Gasteiger partial charge in [0.2, 0.25) is 0 Å². The van der Waals surface area contributed by atoms with Crippen LogP contribution in [0.2, 0.25) is 0 Å². The van der Waals surface area contributed by atoms with Gasteiger partial charge in [0.05, 0.1) is 0 Å². The Hall–Kier alpha value is -0.600. The van der Waals surface area contributed by atoms with E-state index in [1.54, 1.807) is 14.2 Å². The first-order valence-corrected chi connectivity index (χ1v) is 6.07. The molecule has 0 aromatic heterocycles. The Morgan fingerprint density at radius 1 is 1.25 bits per heavy atom. The topological polar surface area (TPSA) is 18.5 Å². The third kappa shape index (κ3) is 6.81. The van der Waals surface area contributed by atoms with Gasteiger partial charge in [0.25, 0.3) is 0 Å². The average Bonchev–Trinajstić information content (AvgIpc) is 2.31. The maximum Gasteiger partial charge on any atom is 0.0499 e. The molecule has 0 radical (unpaired) electrons. The molecule has 1 atom stereocenters. The number of methoxy groups -OCH3 is 2. The zero-order valence-electron chi connectivity index (χ0n) is 11.0. The first-order chi connectivity index (χ1) is 7.79. The SMILES string of the molecule is C=CCC(CC)C(=CCCOC)CCOC. The Bertz CT molecular complexity index is 197. The number of hydrogen-bond donors (Lipinski definition) is 0. The summed E-state index contributed by atoms with van der Waals surface area (Å²) in [7, 11) is 3.49. The molecule has 0 rings (SSSR count). The van der Waals surface area contributed by atoms with Crippen LogP contribution in [-0.2, 0) is 9.47 Å². The van der Waals surface area contributed by atoms with Gasteiger partial charge < -0.3 is 9.47 Å². The summed E-state index contributed by atoms with van der Waals surface area (Å²) in [6, 6.07) is 0. The highest BCUT2D eigenvalue weighted by Gasteiger charge is 2.10. The molecule has 0 fully saturated rings. The molecule has 0 heterocycles. The van der Waals surface area contributed by atoms with Gasteiger partial charge in [-0.25, -0.2) is 0 Å². The molecule has 2 nitrogen and oxygen atoms in total. The zero-order chi connectivity index (χ0) is 12.2. The van der Waals surface area contributed by atoms with Gasteiger partial charge in [-0.15, -0.1) is 6.58 Å². The Morgan fingerprint density at radius 2 is 1.94 bits per heavy atom. The van der Waals surface area contributed by atoms with Crippen LogP contribution in [0.1, 0.15) is 32.6 Å². The van der Waals surface area contributed by atoms with Crippen molar-refractivity contribution in [2.24, 2.45) is 5.92 Å². The summed E-state index contributed by atoms with van der Waals surface area (Å²) in [4.78, 5) is 0. The summed E-state index contributed by atoms with van der Waals surface area (Å²) < 4.78 is 10.2. The lowest BCUT2D eigenvalue weighted by Crippen LogP contribution is -2.05. The Kier molecular flexibility index (Phi) is 10.5. The minimum atomic E-state index is 0.615. The van der Waals surface area contributed by atoms with Crippen LogP contribution in [0.4, 0.5) is 0 Å². The number of ether oxygens (including phenoxy) is 2. The van der Waals surface area contributed by atoms with Crippen LogP contribution in [0, 0.1) is 5.92 Å². The molecule has 0 saturated heterocycles. The van der Waals surface area contributed by atoms with Crippen molar-refractivity contribution in [3.8, 4) is 0 Å². The van der Waals surface area contributed by atoms with Crippen LogP contribution >= 0.6 is 0 Å². The summed E-state index contributed by atoms with van der Waals surface area (Å²) in [5.41, 5.74) is 1.49. The fourth-order valence-corrected chi connectivity index (χ4v) is 1.84. The minimum Gasteiger partial charge on any atom is -0.384 e. The van der Waals surface area contributed by atoms with E-state index in [0.29, 0.717) is 5.92 Å². The second-order valence-corrected chi connectivity index (χ2v) is 3.93. The minimum absolute atomic E-state index is 0.615. The molecule has 0 aromatic rings. The second kappa shape index (κ2) is 10.9. The number of rotatable bonds is 10. The number of hydrogen-bond acceptors (Lipinski definition) is 2. The van der Waals surface area contributed by atoms with Gasteiger partial charge in [0.1, 0.15) is 0 Å². The molecule has 0 saturated carbocycles. The van der Waals surface area contributed by atoms with E-state index >= 15 is 0 Å². The maximum absolute atomic E-state index is 5.15. The molecule has 0 aliphatic heterocycles. The largest absolute Gasteiger partial charge is 0.384 e. The standard InChI is InChI=1S/C14H26O2/c1-5-8-13(6-2)14(10-12-16-4)9-7-11-15-3/h5,9,13H,1,6-8,10-12H2,2-4H3. The van der Waals surface area contributed by atoms with Crippen LogP contribution in [0.5, 0.6) is 0 Å². The van der Waals surface area contributed by atoms with Gasteiger partial charge in [-0.1, -0.05) is 24.6 Å². The molecule has 0 aliphatic carbocycles. The van der Waals surface area contributed by atoms with Crippen LogP contribution < -0.4 is 0 Å². The molecule has 0 aromatic carbocycles. The summed E-state index contributed by atoms with van der Waals surface area (Å²) in [6.07, 6.45) is 8.54. The van der Waals surface area contributed by atoms with Crippen molar-refractivity contribution in [2.75, 3.05) is 27.4 Å². The fraction of sp³-hybridized carbons (Fsp3) is 0.714. The highest BCUT2D eigenvalue weighted by atomic mass is 16.5. The van der Waals surface area contributed by atoms with E-state index < -0.39 is 0 Å². The van der Waals surface area contributed by atoms with E-state index in [1.807, 2.05) is 6.08 Å². The predicted octanol–water partition coefficient (Wildman–Crippen LogP) is 3.59. The third-order valence-electron chi connectivity index (χ3n) is 2.79. The molecule has 94 valence electrons. The van der Waals surface area contributed by atoms with Crippen molar-refractivity contribution in [2.45, 2.75) is 32.6 Å². The normalized spacial score (nSPS) is 13.8. The quantitative estimate of drug-likeness (QED) is 0.418. The summed E-state index contributed by atoms with van der Waals surface area (Å²) in [6.45, 7) is 7.64. The lowest BCUT2D eigenvalue weighted by Gasteiger charge is -2.17. The summed E-state index contributed by atoms with van der Waals surface area (Å²) >= 11 is 0. The average molecular weight is 226 g/mol. The third-order valence-corrected chi connectivity index (χ3v) is 2.79. The van der Waals surface area contributed by atoms with Crippen molar-refractivity contribution in [3.63, 3.8) is 0 Å². The molecule has 0 aliphatic rings. The van der Waals surface area contributed by atoms with E-state index in [2.05, 4.69) is 19.6 Å². The van der Waals surface area contributed by atoms with Gasteiger partial charge in [-0.3, -0.25) is 0 Å². The van der Waals surface area contributed by atoms with Crippen molar-refractivity contribution in [1.29, 1.82) is 0 Å². The van der Waals surface area contributed by atoms with Crippen molar-refractivity contribution < 1.29 is 9.47 Å². The van der Waals surface area contributed by atoms with E-state index in [0.717, 1.165) is 38.9 Å². The van der Waals surface area contributed by atoms with Gasteiger partial charge >= 0.3 is 0 Å². The lowest BCUT2D eigenvalue weighted by molar-refractivity contribution is 0.197. The van der Waals surface area contributed by atoms with E-state index in [9.17, 15) is 0 Å². The van der Waals surface area contributed by atoms with Crippen molar-refractivity contribution in [3.05, 3.63) is 24.3 Å². The molecule has 2 heteroatoms. The molecule has 0 spiro atoms. The van der Waals surface area contributed by atoms with Crippen LogP contribution in [0.3, 0.4) is 0 Å². The second-order valence-electron chi connectivity index (χ2n) is 3.93. The molecule has 0 N–H and O–H groups in total. The zero-order valence-corrected chi connectivity index (χ0v) is 11.0. The molecule has 0 amide bonds. The first-order valence-electron chi connectivity index (χ1n) is 6.07. The molecular formula is C14H26O2. The fourth-order valence-electron chi connectivity index (χ4n) is 1.84. The highest BCUT2D eigenvalue weighted by molar-refractivity contribution is 5.08. The summed E-state index contributed by atoms with van der Waals surface area (Å²) in [5.74, 6) is 0.615. The predicted molar refractivity (Wildman–Crippen MR) is 69.7 cm³/mol. The molecule has 0 bridgehead atoms. The Labute approximate surface area is 100 Å². The van der Waals surface area contributed by atoms with Crippen molar-refractivity contribution in [1.82, 2.24) is 0 Å². The maximum atomic E-state index is 5.15. The van der Waals surface area contributed by atoms with Crippen LogP contribution in [0.15, 0.2) is 24.3 Å². The summed E-state index contributed by atoms with van der Waals surface area (Å²) in [5, 5.41) is 0. The first kappa shape index (κ1) is 15.4. The molecule has 16 heavy (non-hydrogen) atoms. The van der Waals surface area contributed by atoms with Crippen LogP contribution in [0.25, 0.3) is 0 Å². The van der Waals surface area contributed by atoms with Gasteiger partial charge in [0, 0.05) is 27.4 Å². The molecular weight excluding hydrogens is 200 g/mol. The molecule has 1 unspecified atom stereocenters. The van der Waals surface area contributed by atoms with Gasteiger partial charge in [-0.2, -0.15) is 0 Å². The van der Waals surface area contributed by atoms with Gasteiger partial charge in [-0.05, 0) is 31.6 Å².